The fourth-order valence-electron chi connectivity index (χ4n) is 2.63. The fourth-order valence-corrected chi connectivity index (χ4v) is 2.63. The van der Waals surface area contributed by atoms with Gasteiger partial charge in [0, 0.05) is 30.8 Å². The molecule has 0 aliphatic carbocycles. The average Bonchev–Trinajstić information content (AvgIpc) is 2.28. The maximum atomic E-state index is 6.23. The molecule has 1 heterocycles. The second-order valence-electron chi connectivity index (χ2n) is 4.60. The number of hydrogen-bond acceptors (Lipinski definition) is 4. The highest BCUT2D eigenvalue weighted by Gasteiger charge is 2.27. The van der Waals surface area contributed by atoms with Gasteiger partial charge in [-0.25, -0.2) is 0 Å². The SMILES string of the molecule is COc1cc(OC)c2c(c1C)C(N)CN(C)C2. The highest BCUT2D eigenvalue weighted by atomic mass is 16.5. The molecule has 0 spiro atoms. The van der Waals surface area contributed by atoms with Crippen LogP contribution in [0.15, 0.2) is 6.07 Å². The zero-order valence-electron chi connectivity index (χ0n) is 10.9. The molecule has 1 aromatic rings. The Bertz CT molecular complexity index is 432. The molecule has 17 heavy (non-hydrogen) atoms. The standard InChI is InChI=1S/C13H20N2O2/c1-8-11(16-3)5-12(17-4)9-6-15(2)7-10(14)13(8)9/h5,10H,6-7,14H2,1-4H3. The van der Waals surface area contributed by atoms with E-state index in [0.29, 0.717) is 0 Å². The van der Waals surface area contributed by atoms with Crippen molar-refractivity contribution in [2.45, 2.75) is 19.5 Å². The first-order valence-electron chi connectivity index (χ1n) is 5.77. The van der Waals surface area contributed by atoms with Crippen molar-refractivity contribution in [1.82, 2.24) is 4.90 Å². The van der Waals surface area contributed by atoms with Crippen LogP contribution in [0.5, 0.6) is 11.5 Å². The second-order valence-corrected chi connectivity index (χ2v) is 4.60. The minimum Gasteiger partial charge on any atom is -0.496 e. The number of likely N-dealkylation sites (N-methyl/N-ethyl adjacent to an activating group) is 1. The number of nitrogens with zero attached hydrogens (tertiary/aromatic N) is 1. The third kappa shape index (κ3) is 1.98. The van der Waals surface area contributed by atoms with E-state index in [2.05, 4.69) is 18.9 Å². The predicted molar refractivity (Wildman–Crippen MR) is 67.5 cm³/mol. The molecular weight excluding hydrogens is 216 g/mol. The Morgan fingerprint density at radius 1 is 1.29 bits per heavy atom. The molecule has 0 saturated carbocycles. The van der Waals surface area contributed by atoms with Gasteiger partial charge >= 0.3 is 0 Å². The van der Waals surface area contributed by atoms with E-state index < -0.39 is 0 Å². The number of rotatable bonds is 2. The molecule has 0 saturated heterocycles. The summed E-state index contributed by atoms with van der Waals surface area (Å²) in [6.07, 6.45) is 0. The summed E-state index contributed by atoms with van der Waals surface area (Å²) in [5, 5.41) is 0. The molecular formula is C13H20N2O2. The lowest BCUT2D eigenvalue weighted by atomic mass is 9.90. The smallest absolute Gasteiger partial charge is 0.127 e. The third-order valence-corrected chi connectivity index (χ3v) is 3.41. The topological polar surface area (TPSA) is 47.7 Å². The molecule has 0 radical (unpaired) electrons. The minimum atomic E-state index is 0.0211. The van der Waals surface area contributed by atoms with Gasteiger partial charge in [-0.3, -0.25) is 0 Å². The van der Waals surface area contributed by atoms with Gasteiger partial charge in [0.15, 0.2) is 0 Å². The minimum absolute atomic E-state index is 0.0211. The number of methoxy groups -OCH3 is 2. The molecule has 1 atom stereocenters. The first kappa shape index (κ1) is 12.2. The van der Waals surface area contributed by atoms with E-state index in [1.807, 2.05) is 6.07 Å². The summed E-state index contributed by atoms with van der Waals surface area (Å²) in [6, 6.07) is 1.97. The molecule has 1 aromatic carbocycles. The maximum absolute atomic E-state index is 6.23. The first-order valence-corrected chi connectivity index (χ1v) is 5.77. The molecule has 0 fully saturated rings. The first-order chi connectivity index (χ1) is 8.08. The van der Waals surface area contributed by atoms with Crippen LogP contribution in [0.1, 0.15) is 22.7 Å². The Morgan fingerprint density at radius 3 is 2.53 bits per heavy atom. The Balaban J connectivity index is 2.63. The van der Waals surface area contributed by atoms with E-state index in [1.165, 1.54) is 11.1 Å². The zero-order chi connectivity index (χ0) is 12.6. The Labute approximate surface area is 102 Å². The van der Waals surface area contributed by atoms with Gasteiger partial charge in [-0.1, -0.05) is 0 Å². The number of ether oxygens (including phenoxy) is 2. The summed E-state index contributed by atoms with van der Waals surface area (Å²) >= 11 is 0. The lowest BCUT2D eigenvalue weighted by Gasteiger charge is -2.33. The van der Waals surface area contributed by atoms with E-state index in [9.17, 15) is 0 Å². The summed E-state index contributed by atoms with van der Waals surface area (Å²) in [6.45, 7) is 3.80. The van der Waals surface area contributed by atoms with Crippen LogP contribution in [0.4, 0.5) is 0 Å². The van der Waals surface area contributed by atoms with Gasteiger partial charge in [0.05, 0.1) is 14.2 Å². The number of fused-ring (bicyclic) bond motifs is 1. The van der Waals surface area contributed by atoms with Gasteiger partial charge < -0.3 is 20.1 Å². The van der Waals surface area contributed by atoms with E-state index in [-0.39, 0.29) is 6.04 Å². The van der Waals surface area contributed by atoms with Gasteiger partial charge in [-0.15, -0.1) is 0 Å². The van der Waals surface area contributed by atoms with Crippen molar-refractivity contribution < 1.29 is 9.47 Å². The molecule has 0 amide bonds. The van der Waals surface area contributed by atoms with Crippen molar-refractivity contribution in [1.29, 1.82) is 0 Å². The fraction of sp³-hybridized carbons (Fsp3) is 0.538. The molecule has 1 unspecified atom stereocenters. The molecule has 2 N–H and O–H groups in total. The number of hydrogen-bond donors (Lipinski definition) is 1. The highest BCUT2D eigenvalue weighted by Crippen LogP contribution is 2.39. The van der Waals surface area contributed by atoms with Crippen molar-refractivity contribution >= 4 is 0 Å². The Kier molecular flexibility index (Phi) is 3.26. The third-order valence-electron chi connectivity index (χ3n) is 3.41. The highest BCUT2D eigenvalue weighted by molar-refractivity contribution is 5.54. The van der Waals surface area contributed by atoms with Gasteiger partial charge in [0.1, 0.15) is 11.5 Å². The van der Waals surface area contributed by atoms with Crippen molar-refractivity contribution in [3.63, 3.8) is 0 Å². The molecule has 94 valence electrons. The maximum Gasteiger partial charge on any atom is 0.127 e. The van der Waals surface area contributed by atoms with E-state index in [1.54, 1.807) is 14.2 Å². The van der Waals surface area contributed by atoms with Gasteiger partial charge in [-0.2, -0.15) is 0 Å². The molecule has 4 heteroatoms. The quantitative estimate of drug-likeness (QED) is 0.844. The number of nitrogens with two attached hydrogens (primary N) is 1. The number of benzene rings is 1. The van der Waals surface area contributed by atoms with Crippen LogP contribution in [0.25, 0.3) is 0 Å². The Hall–Kier alpha value is -1.26. The molecule has 2 rings (SSSR count). The lowest BCUT2D eigenvalue weighted by Crippen LogP contribution is -2.35. The summed E-state index contributed by atoms with van der Waals surface area (Å²) in [4.78, 5) is 2.21. The van der Waals surface area contributed by atoms with Gasteiger partial charge in [0.25, 0.3) is 0 Å². The van der Waals surface area contributed by atoms with Crippen LogP contribution >= 0.6 is 0 Å². The van der Waals surface area contributed by atoms with Crippen molar-refractivity contribution in [3.8, 4) is 11.5 Å². The van der Waals surface area contributed by atoms with Crippen LogP contribution in [0.3, 0.4) is 0 Å². The average molecular weight is 236 g/mol. The zero-order valence-corrected chi connectivity index (χ0v) is 10.9. The van der Waals surface area contributed by atoms with Crippen molar-refractivity contribution in [2.75, 3.05) is 27.8 Å². The summed E-state index contributed by atoms with van der Waals surface area (Å²) in [7, 11) is 5.43. The normalized spacial score (nSPS) is 19.9. The van der Waals surface area contributed by atoms with Gasteiger partial charge in [-0.05, 0) is 25.1 Å². The predicted octanol–water partition coefficient (Wildman–Crippen LogP) is 1.46. The van der Waals surface area contributed by atoms with Crippen molar-refractivity contribution in [2.24, 2.45) is 5.73 Å². The lowest BCUT2D eigenvalue weighted by molar-refractivity contribution is 0.272. The second kappa shape index (κ2) is 4.55. The van der Waals surface area contributed by atoms with Crippen LogP contribution in [-0.2, 0) is 6.54 Å². The molecule has 1 aliphatic heterocycles. The molecule has 4 nitrogen and oxygen atoms in total. The van der Waals surface area contributed by atoms with Crippen LogP contribution in [0.2, 0.25) is 0 Å². The molecule has 0 aromatic heterocycles. The summed E-state index contributed by atoms with van der Waals surface area (Å²) < 4.78 is 10.8. The van der Waals surface area contributed by atoms with Gasteiger partial charge in [0.2, 0.25) is 0 Å². The van der Waals surface area contributed by atoms with E-state index in [0.717, 1.165) is 30.2 Å². The van der Waals surface area contributed by atoms with Crippen LogP contribution in [0, 0.1) is 6.92 Å². The molecule has 1 aliphatic rings. The largest absolute Gasteiger partial charge is 0.496 e. The van der Waals surface area contributed by atoms with Crippen LogP contribution < -0.4 is 15.2 Å². The van der Waals surface area contributed by atoms with E-state index >= 15 is 0 Å². The summed E-state index contributed by atoms with van der Waals surface area (Å²) in [5.41, 5.74) is 9.73. The van der Waals surface area contributed by atoms with Crippen LogP contribution in [-0.4, -0.2) is 32.7 Å². The molecule has 0 bridgehead atoms. The Morgan fingerprint density at radius 2 is 1.94 bits per heavy atom. The van der Waals surface area contributed by atoms with E-state index in [4.69, 9.17) is 15.2 Å². The van der Waals surface area contributed by atoms with Crippen molar-refractivity contribution in [3.05, 3.63) is 22.8 Å². The summed E-state index contributed by atoms with van der Waals surface area (Å²) in [5.74, 6) is 1.71. The monoisotopic (exact) mass is 236 g/mol.